The quantitative estimate of drug-likeness (QED) is 0.906. The predicted octanol–water partition coefficient (Wildman–Crippen LogP) is 2.82. The van der Waals surface area contributed by atoms with Crippen molar-refractivity contribution >= 4 is 39.9 Å². The number of carbonyl (C=O) groups excluding carboxylic acids is 2. The van der Waals surface area contributed by atoms with Gasteiger partial charge in [0.05, 0.1) is 11.6 Å². The van der Waals surface area contributed by atoms with E-state index in [-0.39, 0.29) is 17.7 Å². The number of thiazole rings is 1. The van der Waals surface area contributed by atoms with Gasteiger partial charge in [0, 0.05) is 22.5 Å². The van der Waals surface area contributed by atoms with Crippen LogP contribution in [0.3, 0.4) is 0 Å². The molecule has 1 heterocycles. The first-order valence-corrected chi connectivity index (χ1v) is 8.06. The number of aryl methyl sites for hydroxylation is 1. The van der Waals surface area contributed by atoms with Crippen LogP contribution in [0.4, 0.5) is 5.13 Å². The highest BCUT2D eigenvalue weighted by molar-refractivity contribution is 7.16. The van der Waals surface area contributed by atoms with E-state index in [1.54, 1.807) is 31.3 Å². The van der Waals surface area contributed by atoms with Crippen LogP contribution < -0.4 is 10.6 Å². The van der Waals surface area contributed by atoms with Gasteiger partial charge in [-0.15, -0.1) is 11.3 Å². The minimum Gasteiger partial charge on any atom is -0.359 e. The molecule has 0 radical (unpaired) electrons. The zero-order valence-electron chi connectivity index (χ0n) is 11.9. The molecule has 0 spiro atoms. The van der Waals surface area contributed by atoms with Crippen molar-refractivity contribution in [3.8, 4) is 0 Å². The SMILES string of the molecule is CNC(=O)C1CCc2sc(NC(=O)c3ccc(Cl)cc3)nc21. The summed E-state index contributed by atoms with van der Waals surface area (Å²) >= 11 is 7.24. The summed E-state index contributed by atoms with van der Waals surface area (Å²) in [6, 6.07) is 6.65. The van der Waals surface area contributed by atoms with Gasteiger partial charge in [-0.3, -0.25) is 14.9 Å². The molecular formula is C15H14ClN3O2S. The Bertz CT molecular complexity index is 727. The summed E-state index contributed by atoms with van der Waals surface area (Å²) in [6.45, 7) is 0. The fraction of sp³-hybridized carbons (Fsp3) is 0.267. The molecule has 3 rings (SSSR count). The second-order valence-electron chi connectivity index (χ2n) is 4.99. The summed E-state index contributed by atoms with van der Waals surface area (Å²) in [7, 11) is 1.62. The molecule has 1 aliphatic rings. The maximum atomic E-state index is 12.2. The number of fused-ring (bicyclic) bond motifs is 1. The van der Waals surface area contributed by atoms with Crippen LogP contribution in [0.2, 0.25) is 5.02 Å². The van der Waals surface area contributed by atoms with Gasteiger partial charge in [-0.05, 0) is 37.1 Å². The highest BCUT2D eigenvalue weighted by atomic mass is 35.5. The van der Waals surface area contributed by atoms with Gasteiger partial charge >= 0.3 is 0 Å². The number of hydrogen-bond donors (Lipinski definition) is 2. The monoisotopic (exact) mass is 335 g/mol. The van der Waals surface area contributed by atoms with E-state index in [4.69, 9.17) is 11.6 Å². The minimum absolute atomic E-state index is 0.0281. The first-order valence-electron chi connectivity index (χ1n) is 6.86. The fourth-order valence-electron chi connectivity index (χ4n) is 2.48. The fourth-order valence-corrected chi connectivity index (χ4v) is 3.64. The Morgan fingerprint density at radius 3 is 2.73 bits per heavy atom. The maximum Gasteiger partial charge on any atom is 0.257 e. The zero-order valence-corrected chi connectivity index (χ0v) is 13.4. The first kappa shape index (κ1) is 15.0. The van der Waals surface area contributed by atoms with Crippen LogP contribution >= 0.6 is 22.9 Å². The second kappa shape index (κ2) is 6.06. The molecule has 0 bridgehead atoms. The number of hydrogen-bond acceptors (Lipinski definition) is 4. The number of anilines is 1. The number of halogens is 1. The Morgan fingerprint density at radius 2 is 2.05 bits per heavy atom. The number of nitrogens with one attached hydrogen (secondary N) is 2. The molecule has 1 atom stereocenters. The molecule has 2 aromatic rings. The van der Waals surface area contributed by atoms with Gasteiger partial charge in [0.15, 0.2) is 5.13 Å². The van der Waals surface area contributed by atoms with Crippen molar-refractivity contribution < 1.29 is 9.59 Å². The molecule has 7 heteroatoms. The summed E-state index contributed by atoms with van der Waals surface area (Å²) in [4.78, 5) is 29.5. The zero-order chi connectivity index (χ0) is 15.7. The Balaban J connectivity index is 1.76. The summed E-state index contributed by atoms with van der Waals surface area (Å²) in [5.74, 6) is -0.474. The average Bonchev–Trinajstić information content (AvgIpc) is 3.06. The summed E-state index contributed by atoms with van der Waals surface area (Å²) < 4.78 is 0. The molecule has 0 saturated heterocycles. The lowest BCUT2D eigenvalue weighted by molar-refractivity contribution is -0.122. The van der Waals surface area contributed by atoms with E-state index < -0.39 is 0 Å². The Kier molecular flexibility index (Phi) is 4.13. The molecule has 0 saturated carbocycles. The van der Waals surface area contributed by atoms with Gasteiger partial charge < -0.3 is 5.32 Å². The standard InChI is InChI=1S/C15H14ClN3O2S/c1-17-14(21)10-6-7-11-12(10)18-15(22-11)19-13(20)8-2-4-9(16)5-3-8/h2-5,10H,6-7H2,1H3,(H,17,21)(H,18,19,20). The second-order valence-corrected chi connectivity index (χ2v) is 6.51. The largest absolute Gasteiger partial charge is 0.359 e. The van der Waals surface area contributed by atoms with Gasteiger partial charge in [-0.25, -0.2) is 4.98 Å². The van der Waals surface area contributed by atoms with Gasteiger partial charge in [0.25, 0.3) is 5.91 Å². The van der Waals surface area contributed by atoms with Crippen molar-refractivity contribution in [2.24, 2.45) is 0 Å². The molecule has 2 N–H and O–H groups in total. The molecule has 0 aliphatic heterocycles. The smallest absolute Gasteiger partial charge is 0.257 e. The molecular weight excluding hydrogens is 322 g/mol. The van der Waals surface area contributed by atoms with E-state index in [0.717, 1.165) is 23.4 Å². The normalized spacial score (nSPS) is 16.2. The van der Waals surface area contributed by atoms with Gasteiger partial charge in [-0.2, -0.15) is 0 Å². The highest BCUT2D eigenvalue weighted by Gasteiger charge is 2.32. The minimum atomic E-state index is -0.236. The van der Waals surface area contributed by atoms with Crippen LogP contribution in [0.25, 0.3) is 0 Å². The molecule has 1 aliphatic carbocycles. The number of benzene rings is 1. The van der Waals surface area contributed by atoms with Crippen molar-refractivity contribution in [1.82, 2.24) is 10.3 Å². The molecule has 1 unspecified atom stereocenters. The van der Waals surface area contributed by atoms with E-state index in [1.807, 2.05) is 0 Å². The van der Waals surface area contributed by atoms with E-state index in [2.05, 4.69) is 15.6 Å². The van der Waals surface area contributed by atoms with Gasteiger partial charge in [0.2, 0.25) is 5.91 Å². The van der Waals surface area contributed by atoms with Crippen LogP contribution in [0.5, 0.6) is 0 Å². The number of amides is 2. The van der Waals surface area contributed by atoms with Crippen LogP contribution in [0.15, 0.2) is 24.3 Å². The first-order chi connectivity index (χ1) is 10.6. The van der Waals surface area contributed by atoms with Crippen LogP contribution in [0.1, 0.15) is 33.3 Å². The maximum absolute atomic E-state index is 12.2. The van der Waals surface area contributed by atoms with Crippen molar-refractivity contribution in [1.29, 1.82) is 0 Å². The molecule has 0 fully saturated rings. The third-order valence-corrected chi connectivity index (χ3v) is 4.91. The van der Waals surface area contributed by atoms with Gasteiger partial charge in [0.1, 0.15) is 0 Å². The Hall–Kier alpha value is -1.92. The van der Waals surface area contributed by atoms with E-state index in [9.17, 15) is 9.59 Å². The lowest BCUT2D eigenvalue weighted by Gasteiger charge is -2.07. The molecule has 114 valence electrons. The topological polar surface area (TPSA) is 71.1 Å². The van der Waals surface area contributed by atoms with Crippen molar-refractivity contribution in [2.45, 2.75) is 18.8 Å². The van der Waals surface area contributed by atoms with E-state index >= 15 is 0 Å². The van der Waals surface area contributed by atoms with Gasteiger partial charge in [-0.1, -0.05) is 11.6 Å². The lowest BCUT2D eigenvalue weighted by atomic mass is 10.1. The molecule has 1 aromatic carbocycles. The Morgan fingerprint density at radius 1 is 1.32 bits per heavy atom. The highest BCUT2D eigenvalue weighted by Crippen LogP contribution is 2.38. The van der Waals surface area contributed by atoms with E-state index in [1.165, 1.54) is 11.3 Å². The van der Waals surface area contributed by atoms with Crippen molar-refractivity contribution in [2.75, 3.05) is 12.4 Å². The molecule has 1 aromatic heterocycles. The summed E-state index contributed by atoms with van der Waals surface area (Å²) in [5.41, 5.74) is 1.30. The number of likely N-dealkylation sites (N-methyl/N-ethyl adjacent to an activating group) is 1. The van der Waals surface area contributed by atoms with Crippen LogP contribution in [-0.2, 0) is 11.2 Å². The number of aromatic nitrogens is 1. The van der Waals surface area contributed by atoms with Crippen molar-refractivity contribution in [3.05, 3.63) is 45.4 Å². The van der Waals surface area contributed by atoms with Crippen LogP contribution in [-0.4, -0.2) is 23.8 Å². The molecule has 2 amide bonds. The third kappa shape index (κ3) is 2.84. The third-order valence-electron chi connectivity index (χ3n) is 3.61. The average molecular weight is 336 g/mol. The number of carbonyl (C=O) groups is 2. The summed E-state index contributed by atoms with van der Waals surface area (Å²) in [6.07, 6.45) is 1.60. The molecule has 5 nitrogen and oxygen atoms in total. The predicted molar refractivity (Wildman–Crippen MR) is 86.6 cm³/mol. The lowest BCUT2D eigenvalue weighted by Crippen LogP contribution is -2.24. The number of nitrogens with zero attached hydrogens (tertiary/aromatic N) is 1. The summed E-state index contributed by atoms with van der Waals surface area (Å²) in [5, 5.41) is 6.54. The Labute approximate surface area is 136 Å². The number of rotatable bonds is 3. The van der Waals surface area contributed by atoms with Crippen LogP contribution in [0, 0.1) is 0 Å². The molecule has 22 heavy (non-hydrogen) atoms. The van der Waals surface area contributed by atoms with E-state index in [0.29, 0.717) is 15.7 Å². The van der Waals surface area contributed by atoms with Crippen molar-refractivity contribution in [3.63, 3.8) is 0 Å².